The Labute approximate surface area is 213 Å². The Morgan fingerprint density at radius 2 is 1.73 bits per heavy atom. The van der Waals surface area contributed by atoms with Crippen molar-refractivity contribution in [2.75, 3.05) is 0 Å². The van der Waals surface area contributed by atoms with Crippen molar-refractivity contribution in [1.82, 2.24) is 0 Å². The Morgan fingerprint density at radius 1 is 1.08 bits per heavy atom. The molecule has 192 valence electrons. The van der Waals surface area contributed by atoms with Gasteiger partial charge in [-0.15, -0.1) is 0 Å². The quantitative estimate of drug-likeness (QED) is 0.401. The first kappa shape index (κ1) is 24.8. The fourth-order valence-electron chi connectivity index (χ4n) is 6.13. The Hall–Kier alpha value is -3.91. The van der Waals surface area contributed by atoms with E-state index in [9.17, 15) is 34.8 Å². The van der Waals surface area contributed by atoms with E-state index in [1.165, 1.54) is 5.56 Å². The van der Waals surface area contributed by atoms with Crippen LogP contribution in [-0.4, -0.2) is 43.5 Å². The fourth-order valence-corrected chi connectivity index (χ4v) is 6.13. The van der Waals surface area contributed by atoms with Crippen LogP contribution in [0.4, 0.5) is 0 Å². The van der Waals surface area contributed by atoms with E-state index < -0.39 is 52.0 Å². The molecule has 6 N–H and O–H groups in total. The summed E-state index contributed by atoms with van der Waals surface area (Å²) < 4.78 is 0. The van der Waals surface area contributed by atoms with Crippen LogP contribution >= 0.6 is 0 Å². The average molecular weight is 504 g/mol. The number of aromatic hydroxyl groups is 1. The second-order valence-electron chi connectivity index (χ2n) is 10.6. The molecule has 0 aliphatic heterocycles. The number of primary amides is 1. The molecule has 37 heavy (non-hydrogen) atoms. The molecule has 3 unspecified atom stereocenters. The smallest absolute Gasteiger partial charge is 0.255 e. The maximum atomic E-state index is 13.7. The molecule has 0 aromatic heterocycles. The summed E-state index contributed by atoms with van der Waals surface area (Å²) in [5.74, 6) is -5.92. The summed E-state index contributed by atoms with van der Waals surface area (Å²) in [5.41, 5.74) is 5.85. The fraction of sp³-hybridized carbons (Fsp3) is 0.345. The molecule has 0 heterocycles. The zero-order valence-electron chi connectivity index (χ0n) is 20.8. The summed E-state index contributed by atoms with van der Waals surface area (Å²) in [5, 5.41) is 44.4. The number of carbonyl (C=O) groups excluding carboxylic acids is 3. The summed E-state index contributed by atoms with van der Waals surface area (Å²) in [6.45, 7) is 5.89. The number of aliphatic hydroxyl groups excluding tert-OH is 2. The molecule has 0 bridgehead atoms. The van der Waals surface area contributed by atoms with E-state index in [4.69, 9.17) is 5.73 Å². The molecule has 2 aromatic carbocycles. The summed E-state index contributed by atoms with van der Waals surface area (Å²) in [4.78, 5) is 38.0. The molecule has 1 fully saturated rings. The summed E-state index contributed by atoms with van der Waals surface area (Å²) in [7, 11) is 0. The second kappa shape index (κ2) is 8.31. The molecule has 8 nitrogen and oxygen atoms in total. The van der Waals surface area contributed by atoms with Crippen LogP contribution in [0.1, 0.15) is 54.9 Å². The van der Waals surface area contributed by atoms with Crippen LogP contribution in [0.3, 0.4) is 0 Å². The number of phenolic OH excluding ortho intramolecular Hbond substituents is 1. The first-order chi connectivity index (χ1) is 17.4. The van der Waals surface area contributed by atoms with Gasteiger partial charge in [-0.1, -0.05) is 38.1 Å². The van der Waals surface area contributed by atoms with Gasteiger partial charge in [0.05, 0.1) is 5.56 Å². The second-order valence-corrected chi connectivity index (χ2v) is 10.6. The maximum Gasteiger partial charge on any atom is 0.255 e. The van der Waals surface area contributed by atoms with Crippen LogP contribution in [0.2, 0.25) is 0 Å². The van der Waals surface area contributed by atoms with Crippen LogP contribution in [0.15, 0.2) is 47.2 Å². The number of aryl methyl sites for hydroxylation is 1. The molecule has 3 atom stereocenters. The predicted octanol–water partition coefficient (Wildman–Crippen LogP) is 3.52. The van der Waals surface area contributed by atoms with Crippen molar-refractivity contribution in [3.05, 3.63) is 69.5 Å². The van der Waals surface area contributed by atoms with Crippen molar-refractivity contribution in [2.45, 2.75) is 51.6 Å². The van der Waals surface area contributed by atoms with Gasteiger partial charge in [0, 0.05) is 17.9 Å². The molecule has 1 amide bonds. The zero-order chi connectivity index (χ0) is 27.0. The number of aliphatic hydroxyl groups is 3. The van der Waals surface area contributed by atoms with Gasteiger partial charge in [-0.05, 0) is 65.5 Å². The Morgan fingerprint density at radius 3 is 2.32 bits per heavy atom. The van der Waals surface area contributed by atoms with Gasteiger partial charge < -0.3 is 26.2 Å². The largest absolute Gasteiger partial charge is 0.508 e. The lowest BCUT2D eigenvalue weighted by atomic mass is 9.59. The van der Waals surface area contributed by atoms with Gasteiger partial charge >= 0.3 is 0 Å². The molecular weight excluding hydrogens is 474 g/mol. The van der Waals surface area contributed by atoms with Gasteiger partial charge in [-0.25, -0.2) is 0 Å². The number of amides is 1. The molecule has 3 aliphatic carbocycles. The molecular formula is C29H29NO7. The molecule has 3 aliphatic rings. The highest BCUT2D eigenvalue weighted by Crippen LogP contribution is 2.53. The van der Waals surface area contributed by atoms with Gasteiger partial charge in [0.1, 0.15) is 22.8 Å². The van der Waals surface area contributed by atoms with Crippen LogP contribution in [0.25, 0.3) is 16.9 Å². The predicted molar refractivity (Wildman–Crippen MR) is 136 cm³/mol. The van der Waals surface area contributed by atoms with E-state index in [0.29, 0.717) is 17.0 Å². The van der Waals surface area contributed by atoms with E-state index in [1.54, 1.807) is 6.92 Å². The highest BCUT2D eigenvalue weighted by molar-refractivity contribution is 6.22. The Balaban J connectivity index is 1.70. The van der Waals surface area contributed by atoms with Crippen LogP contribution in [-0.2, 0) is 20.8 Å². The van der Waals surface area contributed by atoms with Crippen LogP contribution in [0.5, 0.6) is 5.75 Å². The third-order valence-electron chi connectivity index (χ3n) is 8.14. The number of fused-ring (bicyclic) bond motifs is 3. The van der Waals surface area contributed by atoms with E-state index >= 15 is 0 Å². The Bertz CT molecular complexity index is 1450. The summed E-state index contributed by atoms with van der Waals surface area (Å²) >= 11 is 0. The van der Waals surface area contributed by atoms with Crippen molar-refractivity contribution in [2.24, 2.45) is 17.6 Å². The molecule has 2 aromatic rings. The van der Waals surface area contributed by atoms with Gasteiger partial charge in [-0.2, -0.15) is 0 Å². The van der Waals surface area contributed by atoms with Gasteiger partial charge in [-0.3, -0.25) is 14.4 Å². The number of Topliss-reactive ketones (excluding diaryl/α,β-unsaturated/α-hetero) is 2. The van der Waals surface area contributed by atoms with E-state index in [1.807, 2.05) is 30.3 Å². The minimum Gasteiger partial charge on any atom is -0.508 e. The van der Waals surface area contributed by atoms with Crippen molar-refractivity contribution in [1.29, 1.82) is 0 Å². The Kier molecular flexibility index (Phi) is 5.56. The van der Waals surface area contributed by atoms with Gasteiger partial charge in [0.2, 0.25) is 5.78 Å². The SMILES string of the molecule is Cc1cc(-c2ccc(C(C)C)cc2)c2c(c1O)C(O)=C1C(=O)C3(O)C(O)=C(C(N)=O)C(=O)CC3CC1C2. The number of benzene rings is 2. The third-order valence-corrected chi connectivity index (χ3v) is 8.14. The lowest BCUT2D eigenvalue weighted by Crippen LogP contribution is -2.58. The zero-order valence-corrected chi connectivity index (χ0v) is 20.8. The molecule has 5 rings (SSSR count). The van der Waals surface area contributed by atoms with Crippen molar-refractivity contribution in [3.63, 3.8) is 0 Å². The lowest BCUT2D eigenvalue weighted by Gasteiger charge is -2.46. The summed E-state index contributed by atoms with van der Waals surface area (Å²) in [6, 6.07) is 9.87. The highest BCUT2D eigenvalue weighted by Gasteiger charge is 2.60. The number of hydrogen-bond donors (Lipinski definition) is 5. The minimum absolute atomic E-state index is 0.100. The van der Waals surface area contributed by atoms with Crippen molar-refractivity contribution < 1.29 is 34.8 Å². The average Bonchev–Trinajstić information content (AvgIpc) is 2.83. The number of hydrogen-bond acceptors (Lipinski definition) is 7. The first-order valence-corrected chi connectivity index (χ1v) is 12.3. The maximum absolute atomic E-state index is 13.7. The highest BCUT2D eigenvalue weighted by atomic mass is 16.3. The van der Waals surface area contributed by atoms with Crippen LogP contribution in [0, 0.1) is 18.8 Å². The molecule has 8 heteroatoms. The normalized spacial score (nSPS) is 25.2. The van der Waals surface area contributed by atoms with E-state index in [2.05, 4.69) is 13.8 Å². The monoisotopic (exact) mass is 503 g/mol. The third kappa shape index (κ3) is 3.43. The molecule has 0 spiro atoms. The number of nitrogens with two attached hydrogens (primary N) is 1. The topological polar surface area (TPSA) is 158 Å². The first-order valence-electron chi connectivity index (χ1n) is 12.3. The van der Waals surface area contributed by atoms with Crippen LogP contribution < -0.4 is 5.73 Å². The van der Waals surface area contributed by atoms with E-state index in [-0.39, 0.29) is 36.1 Å². The van der Waals surface area contributed by atoms with Crippen molar-refractivity contribution in [3.8, 4) is 16.9 Å². The van der Waals surface area contributed by atoms with Gasteiger partial charge in [0.25, 0.3) is 5.91 Å². The number of phenols is 1. The molecule has 0 saturated heterocycles. The molecule has 0 radical (unpaired) electrons. The van der Waals surface area contributed by atoms with Gasteiger partial charge in [0.15, 0.2) is 11.4 Å². The summed E-state index contributed by atoms with van der Waals surface area (Å²) in [6.07, 6.45) is 0.0252. The molecule has 1 saturated carbocycles. The standard InChI is InChI=1S/C29H29NO7/c1-12(2)14-4-6-15(7-5-14)18-8-13(3)24(32)22-19(18)10-16-9-17-11-20(31)23(28(30)36)27(35)29(17,37)26(34)21(16)25(22)33/h4-8,12,16-17,32-33,35,37H,9-11H2,1-3H3,(H2,30,36). The number of ketones is 2. The van der Waals surface area contributed by atoms with Crippen molar-refractivity contribution >= 4 is 23.2 Å². The number of carbonyl (C=O) groups is 3. The van der Waals surface area contributed by atoms with E-state index in [0.717, 1.165) is 11.1 Å². The number of rotatable bonds is 3. The minimum atomic E-state index is -2.56. The lowest BCUT2D eigenvalue weighted by molar-refractivity contribution is -0.147.